The monoisotopic (exact) mass is 486 g/mol. The predicted molar refractivity (Wildman–Crippen MR) is 121 cm³/mol. The lowest BCUT2D eigenvalue weighted by Crippen LogP contribution is -2.60. The summed E-state index contributed by atoms with van der Waals surface area (Å²) in [6.07, 6.45) is -7.27. The molecule has 0 aliphatic carbocycles. The summed E-state index contributed by atoms with van der Waals surface area (Å²) in [4.78, 5) is 21.9. The Bertz CT molecular complexity index is 1420. The molecular weight excluding hydrogens is 464 g/mol. The first-order chi connectivity index (χ1) is 16.8. The molecule has 2 aromatic carbocycles. The minimum atomic E-state index is -1.60. The van der Waals surface area contributed by atoms with Gasteiger partial charge in [-0.3, -0.25) is 0 Å². The van der Waals surface area contributed by atoms with E-state index in [2.05, 4.69) is 0 Å². The highest BCUT2D eigenvalue weighted by atomic mass is 16.7. The summed E-state index contributed by atoms with van der Waals surface area (Å²) in [5.74, 6) is -0.477. The van der Waals surface area contributed by atoms with Gasteiger partial charge in [-0.2, -0.15) is 0 Å². The van der Waals surface area contributed by atoms with Gasteiger partial charge in [-0.15, -0.1) is 0 Å². The Morgan fingerprint density at radius 2 is 1.43 bits per heavy atom. The van der Waals surface area contributed by atoms with Gasteiger partial charge in [0.2, 0.25) is 6.29 Å². The standard InChI is InChI=1S/C15H16O9.C9H6O2/c16-5-10-12(19)13(20)14(21)15(24-10)23-9-3-6-1-2-11(18)22-8(6)4-7(9)17;10-9-6-5-7-3-1-2-4-8(7)11-9/h1-4,10,12-17,19-21H,5H2;1-6H/t10-,12-,13+,14-,15-;/m1./s1. The maximum atomic E-state index is 11.2. The van der Waals surface area contributed by atoms with Crippen molar-refractivity contribution in [2.24, 2.45) is 0 Å². The van der Waals surface area contributed by atoms with Gasteiger partial charge in [-0.05, 0) is 24.3 Å². The van der Waals surface area contributed by atoms with Crippen molar-refractivity contribution in [3.63, 3.8) is 0 Å². The van der Waals surface area contributed by atoms with Crippen LogP contribution in [-0.2, 0) is 4.74 Å². The van der Waals surface area contributed by atoms with Crippen LogP contribution in [0.15, 0.2) is 79.1 Å². The van der Waals surface area contributed by atoms with Crippen molar-refractivity contribution < 1.29 is 43.8 Å². The lowest BCUT2D eigenvalue weighted by atomic mass is 9.99. The summed E-state index contributed by atoms with van der Waals surface area (Å²) in [5.41, 5.74) is -0.102. The molecule has 4 aromatic rings. The first-order valence-corrected chi connectivity index (χ1v) is 10.5. The van der Waals surface area contributed by atoms with Gasteiger partial charge >= 0.3 is 11.3 Å². The zero-order valence-electron chi connectivity index (χ0n) is 18.1. The summed E-state index contributed by atoms with van der Waals surface area (Å²) < 4.78 is 20.4. The summed E-state index contributed by atoms with van der Waals surface area (Å²) in [7, 11) is 0. The van der Waals surface area contributed by atoms with E-state index in [0.717, 1.165) is 11.5 Å². The molecule has 0 bridgehead atoms. The minimum absolute atomic E-state index is 0.0966. The fraction of sp³-hybridized carbons (Fsp3) is 0.250. The molecule has 0 amide bonds. The molecule has 0 spiro atoms. The minimum Gasteiger partial charge on any atom is -0.504 e. The van der Waals surface area contributed by atoms with E-state index in [4.69, 9.17) is 23.4 Å². The van der Waals surface area contributed by atoms with Crippen molar-refractivity contribution >= 4 is 21.9 Å². The summed E-state index contributed by atoms with van der Waals surface area (Å²) in [6.45, 7) is -0.598. The van der Waals surface area contributed by atoms with Crippen LogP contribution in [0.1, 0.15) is 0 Å². The van der Waals surface area contributed by atoms with Gasteiger partial charge in [-0.25, -0.2) is 9.59 Å². The van der Waals surface area contributed by atoms with E-state index >= 15 is 0 Å². The Hall–Kier alpha value is -3.74. The average Bonchev–Trinajstić information content (AvgIpc) is 2.85. The molecule has 1 aliphatic heterocycles. The number of ether oxygens (including phenoxy) is 2. The number of phenolic OH excluding ortho intramolecular Hbond substituents is 1. The number of hydrogen-bond donors (Lipinski definition) is 5. The van der Waals surface area contributed by atoms with E-state index in [-0.39, 0.29) is 22.7 Å². The molecule has 0 radical (unpaired) electrons. The van der Waals surface area contributed by atoms with E-state index in [1.807, 2.05) is 18.2 Å². The van der Waals surface area contributed by atoms with Crippen LogP contribution in [0.5, 0.6) is 11.5 Å². The Morgan fingerprint density at radius 3 is 2.14 bits per heavy atom. The van der Waals surface area contributed by atoms with Gasteiger partial charge < -0.3 is 43.8 Å². The van der Waals surface area contributed by atoms with E-state index in [1.165, 1.54) is 24.3 Å². The molecule has 3 heterocycles. The molecule has 5 rings (SSSR count). The zero-order chi connectivity index (χ0) is 25.1. The van der Waals surface area contributed by atoms with Crippen molar-refractivity contribution in [2.45, 2.75) is 30.7 Å². The van der Waals surface area contributed by atoms with Gasteiger partial charge in [-0.1, -0.05) is 18.2 Å². The molecule has 35 heavy (non-hydrogen) atoms. The van der Waals surface area contributed by atoms with Crippen molar-refractivity contribution in [1.29, 1.82) is 0 Å². The SMILES string of the molecule is O=c1ccc2cc(O[C@@H]3O[C@H](CO)[C@@H](O)[C@H](O)[C@H]3O)c(O)cc2o1.O=c1ccc2ccccc2o1. The maximum Gasteiger partial charge on any atom is 0.336 e. The average molecular weight is 486 g/mol. The first-order valence-electron chi connectivity index (χ1n) is 10.5. The molecule has 1 fully saturated rings. The third-order valence-corrected chi connectivity index (χ3v) is 5.32. The van der Waals surface area contributed by atoms with E-state index < -0.39 is 42.9 Å². The van der Waals surface area contributed by atoms with Crippen molar-refractivity contribution in [3.8, 4) is 11.5 Å². The molecule has 0 saturated carbocycles. The number of phenols is 1. The van der Waals surface area contributed by atoms with E-state index in [0.29, 0.717) is 11.0 Å². The van der Waals surface area contributed by atoms with Crippen LogP contribution in [0.25, 0.3) is 21.9 Å². The molecule has 5 atom stereocenters. The third kappa shape index (κ3) is 5.34. The second-order valence-corrected chi connectivity index (χ2v) is 7.72. The topological polar surface area (TPSA) is 180 Å². The van der Waals surface area contributed by atoms with Crippen molar-refractivity contribution in [1.82, 2.24) is 0 Å². The van der Waals surface area contributed by atoms with Gasteiger partial charge in [0.1, 0.15) is 35.6 Å². The van der Waals surface area contributed by atoms with Gasteiger partial charge in [0.05, 0.1) is 6.61 Å². The Morgan fingerprint density at radius 1 is 0.771 bits per heavy atom. The molecule has 11 heteroatoms. The highest BCUT2D eigenvalue weighted by molar-refractivity contribution is 5.80. The summed E-state index contributed by atoms with van der Waals surface area (Å²) in [5, 5.41) is 49.9. The van der Waals surface area contributed by atoms with Gasteiger partial charge in [0, 0.05) is 29.0 Å². The second-order valence-electron chi connectivity index (χ2n) is 7.72. The molecule has 184 valence electrons. The van der Waals surface area contributed by atoms with Crippen LogP contribution in [0, 0.1) is 0 Å². The fourth-order valence-electron chi connectivity index (χ4n) is 3.48. The summed E-state index contributed by atoms with van der Waals surface area (Å²) >= 11 is 0. The second kappa shape index (κ2) is 10.3. The van der Waals surface area contributed by atoms with Crippen LogP contribution in [0.2, 0.25) is 0 Å². The fourth-order valence-corrected chi connectivity index (χ4v) is 3.48. The molecule has 11 nitrogen and oxygen atoms in total. The van der Waals surface area contributed by atoms with Crippen LogP contribution < -0.4 is 16.0 Å². The lowest BCUT2D eigenvalue weighted by molar-refractivity contribution is -0.277. The number of aliphatic hydroxyl groups is 4. The van der Waals surface area contributed by atoms with Gasteiger partial charge in [0.25, 0.3) is 0 Å². The molecule has 0 unspecified atom stereocenters. The third-order valence-electron chi connectivity index (χ3n) is 5.32. The Kier molecular flexibility index (Phi) is 7.15. The van der Waals surface area contributed by atoms with E-state index in [1.54, 1.807) is 12.1 Å². The normalized spacial score (nSPS) is 24.1. The highest BCUT2D eigenvalue weighted by Gasteiger charge is 2.44. The lowest BCUT2D eigenvalue weighted by Gasteiger charge is -2.39. The maximum absolute atomic E-state index is 11.2. The van der Waals surface area contributed by atoms with E-state index in [9.17, 15) is 30.0 Å². The number of rotatable bonds is 3. The molecule has 5 N–H and O–H groups in total. The molecule has 2 aromatic heterocycles. The number of aromatic hydroxyl groups is 1. The van der Waals surface area contributed by atoms with Crippen molar-refractivity contribution in [3.05, 3.63) is 81.5 Å². The zero-order valence-corrected chi connectivity index (χ0v) is 18.1. The molecule has 1 aliphatic rings. The summed E-state index contributed by atoms with van der Waals surface area (Å²) in [6, 6.07) is 15.8. The molecular formula is C24H22O11. The predicted octanol–water partition coefficient (Wildman–Crippen LogP) is 0.470. The van der Waals surface area contributed by atoms with Gasteiger partial charge in [0.15, 0.2) is 11.5 Å². The Balaban J connectivity index is 0.000000218. The smallest absolute Gasteiger partial charge is 0.336 e. The van der Waals surface area contributed by atoms with Crippen molar-refractivity contribution in [2.75, 3.05) is 6.61 Å². The number of benzene rings is 2. The number of hydrogen-bond acceptors (Lipinski definition) is 11. The quantitative estimate of drug-likeness (QED) is 0.254. The molecule has 1 saturated heterocycles. The number of para-hydroxylation sites is 1. The van der Waals surface area contributed by atoms with Crippen LogP contribution in [0.4, 0.5) is 0 Å². The Labute approximate surface area is 196 Å². The van der Waals surface area contributed by atoms with Crippen LogP contribution in [-0.4, -0.2) is 62.8 Å². The largest absolute Gasteiger partial charge is 0.504 e. The number of aliphatic hydroxyl groups excluding tert-OH is 4. The first kappa shape index (κ1) is 24.4. The van der Waals surface area contributed by atoms with Crippen LogP contribution >= 0.6 is 0 Å². The number of fused-ring (bicyclic) bond motifs is 2. The van der Waals surface area contributed by atoms with Crippen LogP contribution in [0.3, 0.4) is 0 Å². The highest BCUT2D eigenvalue weighted by Crippen LogP contribution is 2.33.